The molecule has 0 saturated carbocycles. The van der Waals surface area contributed by atoms with Gasteiger partial charge < -0.3 is 11.0 Å². The number of rotatable bonds is 1. The van der Waals surface area contributed by atoms with Gasteiger partial charge in [-0.2, -0.15) is 0 Å². The zero-order valence-corrected chi connectivity index (χ0v) is 14.6. The van der Waals surface area contributed by atoms with Gasteiger partial charge in [0, 0.05) is 0 Å². The number of fused-ring (bicyclic) bond motifs is 6. The summed E-state index contributed by atoms with van der Waals surface area (Å²) in [4.78, 5) is 0. The first-order valence-electron chi connectivity index (χ1n) is 8.50. The van der Waals surface area contributed by atoms with Crippen LogP contribution < -0.4 is 5.46 Å². The van der Waals surface area contributed by atoms with Crippen LogP contribution >= 0.6 is 0 Å². The minimum Gasteiger partial charge on any atom is -0.870 e. The molecule has 2 N–H and O–H groups in total. The van der Waals surface area contributed by atoms with Gasteiger partial charge in [-0.25, -0.2) is 0 Å². The van der Waals surface area contributed by atoms with Crippen molar-refractivity contribution in [3.63, 3.8) is 0 Å². The van der Waals surface area contributed by atoms with Crippen LogP contribution in [0.4, 0.5) is 0 Å². The van der Waals surface area contributed by atoms with Crippen LogP contribution in [0.1, 0.15) is 0 Å². The summed E-state index contributed by atoms with van der Waals surface area (Å²) in [6.45, 7) is 0. The maximum atomic E-state index is 5.97. The summed E-state index contributed by atoms with van der Waals surface area (Å²) in [5.74, 6) is 0. The predicted octanol–water partition coefficient (Wildman–Crippen LogP) is 5.25. The molecule has 5 rings (SSSR count). The smallest absolute Gasteiger partial charge is 0.870 e. The van der Waals surface area contributed by atoms with Crippen molar-refractivity contribution >= 4 is 45.6 Å². The quantitative estimate of drug-likeness (QED) is 0.307. The first-order chi connectivity index (χ1) is 12.3. The second kappa shape index (κ2) is 7.24. The Morgan fingerprint density at radius 3 is 1.44 bits per heavy atom. The first-order valence-corrected chi connectivity index (χ1v) is 8.50. The Balaban J connectivity index is 0.00000105. The van der Waals surface area contributed by atoms with E-state index in [9.17, 15) is 0 Å². The third-order valence-electron chi connectivity index (χ3n) is 4.96. The molecule has 0 unspecified atom stereocenters. The Morgan fingerprint density at radius 2 is 0.889 bits per heavy atom. The first kappa shape index (κ1) is 18.6. The van der Waals surface area contributed by atoms with E-state index in [1.54, 1.807) is 0 Å². The van der Waals surface area contributed by atoms with Crippen molar-refractivity contribution < 1.29 is 11.0 Å². The fraction of sp³-hybridized carbons (Fsp3) is 0. The van der Waals surface area contributed by atoms with Gasteiger partial charge in [-0.1, -0.05) is 0 Å². The van der Waals surface area contributed by atoms with E-state index in [1.165, 1.54) is 37.9 Å². The zero-order valence-electron chi connectivity index (χ0n) is 14.6. The van der Waals surface area contributed by atoms with E-state index in [2.05, 4.69) is 72.8 Å². The normalized spacial score (nSPS) is 10.6. The van der Waals surface area contributed by atoms with Gasteiger partial charge in [-0.15, -0.1) is 0 Å². The summed E-state index contributed by atoms with van der Waals surface area (Å²) in [5.41, 5.74) is 3.14. The van der Waals surface area contributed by atoms with Crippen LogP contribution in [0.2, 0.25) is 0 Å². The zero-order chi connectivity index (χ0) is 16.8. The molecule has 0 aliphatic rings. The van der Waals surface area contributed by atoms with Crippen molar-refractivity contribution in [1.82, 2.24) is 0 Å². The molecule has 0 saturated heterocycles. The molecule has 5 aromatic carbocycles. The maximum absolute atomic E-state index is 5.97. The molecule has 0 aliphatic heterocycles. The predicted molar refractivity (Wildman–Crippen MR) is 114 cm³/mol. The van der Waals surface area contributed by atoms with Crippen molar-refractivity contribution in [2.75, 3.05) is 0 Å². The van der Waals surface area contributed by atoms with Crippen molar-refractivity contribution in [2.45, 2.75) is 0 Å². The molecule has 0 bridgehead atoms. The summed E-state index contributed by atoms with van der Waals surface area (Å²) >= 11 is 0. The van der Waals surface area contributed by atoms with Crippen molar-refractivity contribution in [3.05, 3.63) is 91.0 Å². The summed E-state index contributed by atoms with van der Waals surface area (Å²) in [6.07, 6.45) is 0. The van der Waals surface area contributed by atoms with E-state index in [4.69, 9.17) is 7.85 Å². The fourth-order valence-corrected chi connectivity index (χ4v) is 3.81. The van der Waals surface area contributed by atoms with E-state index in [-0.39, 0.29) is 11.0 Å². The van der Waals surface area contributed by atoms with Crippen LogP contribution in [0, 0.1) is 0 Å². The molecule has 128 valence electrons. The molecule has 0 spiro atoms. The molecule has 0 radical (unpaired) electrons. The molecular formula is C24H17BO2. The van der Waals surface area contributed by atoms with Crippen molar-refractivity contribution in [1.29, 1.82) is 0 Å². The van der Waals surface area contributed by atoms with Crippen molar-refractivity contribution in [3.8, 4) is 11.1 Å². The van der Waals surface area contributed by atoms with Crippen LogP contribution in [-0.2, 0) is 0 Å². The minimum atomic E-state index is 0. The van der Waals surface area contributed by atoms with Crippen LogP contribution in [0.5, 0.6) is 0 Å². The number of hydrogen-bond donors (Lipinski definition) is 0. The molecule has 2 nitrogen and oxygen atoms in total. The van der Waals surface area contributed by atoms with E-state index >= 15 is 0 Å². The molecule has 27 heavy (non-hydrogen) atoms. The molecule has 0 aromatic heterocycles. The molecular weight excluding hydrogens is 331 g/mol. The minimum absolute atomic E-state index is 0. The molecule has 0 aliphatic carbocycles. The van der Waals surface area contributed by atoms with E-state index in [0.29, 0.717) is 0 Å². The Hall–Kier alpha value is -3.14. The molecule has 0 atom stereocenters. The van der Waals surface area contributed by atoms with Gasteiger partial charge in [-0.3, -0.25) is 0 Å². The average molecular weight is 348 g/mol. The molecule has 0 fully saturated rings. The van der Waals surface area contributed by atoms with Gasteiger partial charge in [0.05, 0.1) is 0 Å². The second-order valence-corrected chi connectivity index (χ2v) is 6.48. The Kier molecular flexibility index (Phi) is 5.00. The molecule has 5 aromatic rings. The van der Waals surface area contributed by atoms with Gasteiger partial charge in [0.25, 0.3) is 0 Å². The molecule has 0 amide bonds. The van der Waals surface area contributed by atoms with Gasteiger partial charge >= 0.3 is 148 Å². The Bertz CT molecular complexity index is 1230. The van der Waals surface area contributed by atoms with E-state index in [1.807, 2.05) is 18.2 Å². The SMILES string of the molecule is [B+2]c1cccc(-c2ccc3c4ccccc4c4ccccc4c3c2)c1.[OH-].[OH-]. The maximum Gasteiger partial charge on any atom is -0.870 e. The van der Waals surface area contributed by atoms with Gasteiger partial charge in [-0.05, 0) is 0 Å². The monoisotopic (exact) mass is 348 g/mol. The standard InChI is InChI=1S/C24H15B.2H2O/c25-18-7-5-6-16(14-18)17-12-13-23-21-10-2-1-8-19(21)20-9-3-4-11-22(20)24(23)15-17;;/h1-15H;2*1H2/q+2;;/p-2. The summed E-state index contributed by atoms with van der Waals surface area (Å²) < 4.78 is 0. The Labute approximate surface area is 159 Å². The average Bonchev–Trinajstić information content (AvgIpc) is 2.68. The summed E-state index contributed by atoms with van der Waals surface area (Å²) in [7, 11) is 5.97. The van der Waals surface area contributed by atoms with E-state index < -0.39 is 0 Å². The largest absolute Gasteiger partial charge is 0.870 e. The van der Waals surface area contributed by atoms with Crippen LogP contribution in [0.3, 0.4) is 0 Å². The molecule has 3 heteroatoms. The second-order valence-electron chi connectivity index (χ2n) is 6.48. The van der Waals surface area contributed by atoms with Gasteiger partial charge in [0.15, 0.2) is 0 Å². The topological polar surface area (TPSA) is 60.0 Å². The Morgan fingerprint density at radius 1 is 0.407 bits per heavy atom. The summed E-state index contributed by atoms with van der Waals surface area (Å²) in [5, 5.41) is 7.78. The number of benzene rings is 5. The van der Waals surface area contributed by atoms with E-state index in [0.717, 1.165) is 11.0 Å². The van der Waals surface area contributed by atoms with Crippen LogP contribution in [-0.4, -0.2) is 18.8 Å². The fourth-order valence-electron chi connectivity index (χ4n) is 3.81. The van der Waals surface area contributed by atoms with Gasteiger partial charge in [0.1, 0.15) is 0 Å². The van der Waals surface area contributed by atoms with Crippen LogP contribution in [0.25, 0.3) is 43.4 Å². The third kappa shape index (κ3) is 2.97. The molecule has 0 heterocycles. The van der Waals surface area contributed by atoms with Crippen LogP contribution in [0.15, 0.2) is 91.0 Å². The summed E-state index contributed by atoms with van der Waals surface area (Å²) in [6, 6.07) is 32.1. The van der Waals surface area contributed by atoms with Crippen molar-refractivity contribution in [2.24, 2.45) is 0 Å². The van der Waals surface area contributed by atoms with Gasteiger partial charge in [0.2, 0.25) is 0 Å². The number of hydrogen-bond acceptors (Lipinski definition) is 2. The third-order valence-corrected chi connectivity index (χ3v) is 4.96.